The SMILES string of the molecule is CSCC[C@H](Nc1c(-c2ccc([N+](=O)[O-])cc2)c(C)n(Cc2ccccc2)c1C)C(=O)O. The van der Waals surface area contributed by atoms with Crippen LogP contribution in [0.4, 0.5) is 11.4 Å². The third-order valence-electron chi connectivity index (χ3n) is 5.56. The Labute approximate surface area is 191 Å². The van der Waals surface area contributed by atoms with Crippen LogP contribution in [-0.2, 0) is 11.3 Å². The van der Waals surface area contributed by atoms with Crippen LogP contribution in [0, 0.1) is 24.0 Å². The summed E-state index contributed by atoms with van der Waals surface area (Å²) in [7, 11) is 0. The van der Waals surface area contributed by atoms with Gasteiger partial charge in [0.05, 0.1) is 10.6 Å². The molecule has 0 saturated heterocycles. The molecule has 0 radical (unpaired) electrons. The molecule has 32 heavy (non-hydrogen) atoms. The summed E-state index contributed by atoms with van der Waals surface area (Å²) in [6, 6.07) is 15.7. The highest BCUT2D eigenvalue weighted by molar-refractivity contribution is 7.98. The van der Waals surface area contributed by atoms with E-state index in [4.69, 9.17) is 0 Å². The van der Waals surface area contributed by atoms with Gasteiger partial charge in [-0.1, -0.05) is 30.3 Å². The number of carboxylic acids is 1. The Balaban J connectivity index is 2.10. The van der Waals surface area contributed by atoms with Crippen molar-refractivity contribution in [3.63, 3.8) is 0 Å². The maximum absolute atomic E-state index is 11.9. The van der Waals surface area contributed by atoms with Crippen LogP contribution in [-0.4, -0.2) is 38.6 Å². The minimum Gasteiger partial charge on any atom is -0.480 e. The second kappa shape index (κ2) is 10.4. The Morgan fingerprint density at radius 3 is 2.34 bits per heavy atom. The monoisotopic (exact) mass is 453 g/mol. The summed E-state index contributed by atoms with van der Waals surface area (Å²) in [5.41, 5.74) is 5.47. The van der Waals surface area contributed by atoms with E-state index in [1.807, 2.05) is 38.3 Å². The Kier molecular flexibility index (Phi) is 7.58. The number of carboxylic acid groups (broad SMARTS) is 1. The van der Waals surface area contributed by atoms with Gasteiger partial charge in [-0.05, 0) is 55.5 Å². The van der Waals surface area contributed by atoms with Gasteiger partial charge in [0.1, 0.15) is 6.04 Å². The fourth-order valence-electron chi connectivity index (χ4n) is 3.83. The molecule has 0 unspecified atom stereocenters. The molecule has 8 heteroatoms. The first-order chi connectivity index (χ1) is 15.3. The smallest absolute Gasteiger partial charge is 0.326 e. The van der Waals surface area contributed by atoms with Crippen molar-refractivity contribution in [3.8, 4) is 11.1 Å². The summed E-state index contributed by atoms with van der Waals surface area (Å²) in [5.74, 6) is -0.180. The predicted octanol–water partition coefficient (Wildman–Crippen LogP) is 5.35. The lowest BCUT2D eigenvalue weighted by Gasteiger charge is -2.17. The summed E-state index contributed by atoms with van der Waals surface area (Å²) in [6.45, 7) is 4.61. The number of nitro benzene ring substituents is 1. The molecule has 1 atom stereocenters. The molecule has 3 aromatic rings. The zero-order valence-corrected chi connectivity index (χ0v) is 19.2. The molecular formula is C24H27N3O4S. The molecule has 0 aliphatic heterocycles. The lowest BCUT2D eigenvalue weighted by atomic mass is 10.0. The molecule has 1 heterocycles. The minimum absolute atomic E-state index is 0.0183. The van der Waals surface area contributed by atoms with Gasteiger partial charge >= 0.3 is 5.97 Å². The number of nitro groups is 1. The van der Waals surface area contributed by atoms with Crippen LogP contribution in [0.2, 0.25) is 0 Å². The van der Waals surface area contributed by atoms with Gasteiger partial charge in [0.25, 0.3) is 5.69 Å². The molecule has 3 rings (SSSR count). The average molecular weight is 454 g/mol. The molecule has 0 fully saturated rings. The maximum Gasteiger partial charge on any atom is 0.326 e. The second-order valence-corrected chi connectivity index (χ2v) is 8.60. The van der Waals surface area contributed by atoms with Crippen LogP contribution >= 0.6 is 11.8 Å². The van der Waals surface area contributed by atoms with Gasteiger partial charge in [0.15, 0.2) is 0 Å². The molecule has 0 amide bonds. The molecule has 1 aromatic heterocycles. The molecule has 0 spiro atoms. The topological polar surface area (TPSA) is 97.4 Å². The van der Waals surface area contributed by atoms with E-state index >= 15 is 0 Å². The maximum atomic E-state index is 11.9. The van der Waals surface area contributed by atoms with Gasteiger partial charge in [0.2, 0.25) is 0 Å². The largest absolute Gasteiger partial charge is 0.480 e. The fourth-order valence-corrected chi connectivity index (χ4v) is 4.30. The van der Waals surface area contributed by atoms with Crippen molar-refractivity contribution in [3.05, 3.63) is 81.7 Å². The van der Waals surface area contributed by atoms with Gasteiger partial charge in [-0.2, -0.15) is 11.8 Å². The molecule has 0 aliphatic rings. The number of anilines is 1. The van der Waals surface area contributed by atoms with E-state index in [1.165, 1.54) is 12.1 Å². The van der Waals surface area contributed by atoms with Gasteiger partial charge < -0.3 is 15.0 Å². The van der Waals surface area contributed by atoms with Crippen LogP contribution < -0.4 is 5.32 Å². The number of non-ortho nitro benzene ring substituents is 1. The highest BCUT2D eigenvalue weighted by Gasteiger charge is 2.25. The normalized spacial score (nSPS) is 11.8. The van der Waals surface area contributed by atoms with Crippen molar-refractivity contribution in [1.82, 2.24) is 4.57 Å². The third-order valence-corrected chi connectivity index (χ3v) is 6.20. The zero-order valence-electron chi connectivity index (χ0n) is 18.4. The van der Waals surface area contributed by atoms with E-state index < -0.39 is 16.9 Å². The number of aliphatic carboxylic acids is 1. The lowest BCUT2D eigenvalue weighted by molar-refractivity contribution is -0.384. The van der Waals surface area contributed by atoms with E-state index in [9.17, 15) is 20.0 Å². The summed E-state index contributed by atoms with van der Waals surface area (Å²) < 4.78 is 2.15. The number of hydrogen-bond donors (Lipinski definition) is 2. The standard InChI is InChI=1S/C24H27N3O4S/c1-16-22(19-9-11-20(12-10-19)27(30)31)23(25-21(24(28)29)13-14-32-3)17(2)26(16)15-18-7-5-4-6-8-18/h4-12,21,25H,13-15H2,1-3H3,(H,28,29)/t21-/m0/s1. The van der Waals surface area contributed by atoms with Crippen molar-refractivity contribution in [2.24, 2.45) is 0 Å². The lowest BCUT2D eigenvalue weighted by Crippen LogP contribution is -2.30. The van der Waals surface area contributed by atoms with Gasteiger partial charge in [-0.3, -0.25) is 10.1 Å². The predicted molar refractivity (Wildman–Crippen MR) is 130 cm³/mol. The number of nitrogens with one attached hydrogen (secondary N) is 1. The molecule has 0 saturated carbocycles. The molecule has 2 aromatic carbocycles. The molecule has 0 bridgehead atoms. The first-order valence-corrected chi connectivity index (χ1v) is 11.7. The van der Waals surface area contributed by atoms with Crippen LogP contribution in [0.5, 0.6) is 0 Å². The van der Waals surface area contributed by atoms with Crippen LogP contribution in [0.15, 0.2) is 54.6 Å². The number of nitrogens with zero attached hydrogens (tertiary/aromatic N) is 2. The molecule has 2 N–H and O–H groups in total. The number of hydrogen-bond acceptors (Lipinski definition) is 5. The Morgan fingerprint density at radius 1 is 1.12 bits per heavy atom. The zero-order chi connectivity index (χ0) is 23.3. The number of rotatable bonds is 10. The number of carbonyl (C=O) groups is 1. The van der Waals surface area contributed by atoms with E-state index in [-0.39, 0.29) is 5.69 Å². The van der Waals surface area contributed by atoms with E-state index in [0.29, 0.717) is 13.0 Å². The van der Waals surface area contributed by atoms with Crippen molar-refractivity contribution < 1.29 is 14.8 Å². The Morgan fingerprint density at radius 2 is 1.78 bits per heavy atom. The van der Waals surface area contributed by atoms with Crippen molar-refractivity contribution in [1.29, 1.82) is 0 Å². The van der Waals surface area contributed by atoms with Gasteiger partial charge in [-0.15, -0.1) is 0 Å². The first kappa shape index (κ1) is 23.4. The summed E-state index contributed by atoms with van der Waals surface area (Å²) in [6.07, 6.45) is 2.44. The fraction of sp³-hybridized carbons (Fsp3) is 0.292. The molecule has 7 nitrogen and oxygen atoms in total. The van der Waals surface area contributed by atoms with Crippen molar-refractivity contribution in [2.45, 2.75) is 32.9 Å². The average Bonchev–Trinajstić information content (AvgIpc) is 3.01. The Hall–Kier alpha value is -3.26. The van der Waals surface area contributed by atoms with Crippen molar-refractivity contribution >= 4 is 29.1 Å². The van der Waals surface area contributed by atoms with E-state index in [2.05, 4.69) is 22.0 Å². The van der Waals surface area contributed by atoms with Crippen LogP contribution in [0.1, 0.15) is 23.4 Å². The molecular weight excluding hydrogens is 426 g/mol. The summed E-state index contributed by atoms with van der Waals surface area (Å²) in [5, 5.41) is 24.1. The van der Waals surface area contributed by atoms with E-state index in [1.54, 1.807) is 23.9 Å². The summed E-state index contributed by atoms with van der Waals surface area (Å²) >= 11 is 1.60. The number of thioether (sulfide) groups is 1. The summed E-state index contributed by atoms with van der Waals surface area (Å²) in [4.78, 5) is 22.6. The van der Waals surface area contributed by atoms with E-state index in [0.717, 1.165) is 39.5 Å². The second-order valence-electron chi connectivity index (χ2n) is 7.61. The van der Waals surface area contributed by atoms with Crippen LogP contribution in [0.25, 0.3) is 11.1 Å². The van der Waals surface area contributed by atoms with Gasteiger partial charge in [-0.25, -0.2) is 4.79 Å². The number of benzene rings is 2. The highest BCUT2D eigenvalue weighted by atomic mass is 32.2. The third kappa shape index (κ3) is 5.13. The number of aromatic nitrogens is 1. The molecule has 168 valence electrons. The quantitative estimate of drug-likeness (QED) is 0.317. The molecule has 0 aliphatic carbocycles. The van der Waals surface area contributed by atoms with Crippen LogP contribution in [0.3, 0.4) is 0 Å². The van der Waals surface area contributed by atoms with Gasteiger partial charge in [0, 0.05) is 35.6 Å². The van der Waals surface area contributed by atoms with Crippen molar-refractivity contribution in [2.75, 3.05) is 17.3 Å². The first-order valence-electron chi connectivity index (χ1n) is 10.3. The Bertz CT molecular complexity index is 1090. The minimum atomic E-state index is -0.901. The highest BCUT2D eigenvalue weighted by Crippen LogP contribution is 2.38.